The lowest BCUT2D eigenvalue weighted by atomic mass is 9.87. The van der Waals surface area contributed by atoms with Crippen LogP contribution in [0, 0.1) is 6.92 Å². The monoisotopic (exact) mass is 359 g/mol. The number of nitrogens with one attached hydrogen (secondary N) is 1. The Kier molecular flexibility index (Phi) is 5.68. The molecule has 2 aromatic rings. The van der Waals surface area contributed by atoms with Crippen molar-refractivity contribution >= 4 is 21.4 Å². The van der Waals surface area contributed by atoms with Gasteiger partial charge in [-0.3, -0.25) is 4.79 Å². The third kappa shape index (κ3) is 6.02. The second kappa shape index (κ2) is 7.40. The third-order valence-corrected chi connectivity index (χ3v) is 5.37. The van der Waals surface area contributed by atoms with Crippen LogP contribution in [0.25, 0.3) is 0 Å². The number of anilines is 1. The van der Waals surface area contributed by atoms with Crippen molar-refractivity contribution in [1.29, 1.82) is 0 Å². The molecule has 0 aliphatic heterocycles. The topological polar surface area (TPSA) is 63.2 Å². The first-order valence-electron chi connectivity index (χ1n) is 8.21. The van der Waals surface area contributed by atoms with E-state index in [1.54, 1.807) is 12.1 Å². The van der Waals surface area contributed by atoms with Crippen molar-refractivity contribution < 1.29 is 13.2 Å². The number of rotatable bonds is 5. The molecule has 0 spiro atoms. The van der Waals surface area contributed by atoms with Gasteiger partial charge in [-0.25, -0.2) is 8.42 Å². The molecular weight excluding hydrogens is 334 g/mol. The van der Waals surface area contributed by atoms with Gasteiger partial charge in [0.25, 0.3) is 0 Å². The minimum absolute atomic E-state index is 0.0192. The highest BCUT2D eigenvalue weighted by Crippen LogP contribution is 2.22. The molecule has 1 N–H and O–H groups in total. The number of carbonyl (C=O) groups is 1. The largest absolute Gasteiger partial charge is 0.325 e. The van der Waals surface area contributed by atoms with E-state index in [0.717, 1.165) is 11.1 Å². The van der Waals surface area contributed by atoms with Gasteiger partial charge < -0.3 is 5.32 Å². The number of hydrogen-bond donors (Lipinski definition) is 1. The molecule has 0 aromatic heterocycles. The average Bonchev–Trinajstić information content (AvgIpc) is 2.48. The normalized spacial score (nSPS) is 12.0. The summed E-state index contributed by atoms with van der Waals surface area (Å²) >= 11 is 0. The smallest absolute Gasteiger partial charge is 0.239 e. The molecule has 2 aromatic carbocycles. The van der Waals surface area contributed by atoms with Gasteiger partial charge >= 0.3 is 0 Å². The molecule has 0 heterocycles. The van der Waals surface area contributed by atoms with Crippen molar-refractivity contribution in [1.82, 2.24) is 0 Å². The molecule has 5 heteroatoms. The molecule has 0 aliphatic carbocycles. The van der Waals surface area contributed by atoms with Gasteiger partial charge in [0.15, 0.2) is 9.84 Å². The summed E-state index contributed by atoms with van der Waals surface area (Å²) < 4.78 is 24.6. The maximum absolute atomic E-state index is 12.3. The van der Waals surface area contributed by atoms with Crippen LogP contribution in [-0.2, 0) is 25.8 Å². The van der Waals surface area contributed by atoms with E-state index in [0.29, 0.717) is 11.3 Å². The molecule has 0 bridgehead atoms. The lowest BCUT2D eigenvalue weighted by molar-refractivity contribution is -0.113. The van der Waals surface area contributed by atoms with Gasteiger partial charge in [0.1, 0.15) is 5.75 Å². The van der Waals surface area contributed by atoms with Crippen molar-refractivity contribution in [2.75, 3.05) is 11.1 Å². The molecule has 0 unspecified atom stereocenters. The fourth-order valence-corrected chi connectivity index (χ4v) is 3.71. The van der Waals surface area contributed by atoms with E-state index in [1.165, 1.54) is 0 Å². The van der Waals surface area contributed by atoms with E-state index < -0.39 is 21.5 Å². The second-order valence-corrected chi connectivity index (χ2v) is 9.46. The van der Waals surface area contributed by atoms with E-state index >= 15 is 0 Å². The fourth-order valence-electron chi connectivity index (χ4n) is 2.44. The van der Waals surface area contributed by atoms with Crippen molar-refractivity contribution in [2.24, 2.45) is 0 Å². The van der Waals surface area contributed by atoms with Gasteiger partial charge in [0.2, 0.25) is 5.91 Å². The standard InChI is InChI=1S/C20H25NO3S/c1-15-5-11-18(12-6-15)21-19(22)14-25(23,24)13-16-7-9-17(10-8-16)20(2,3)4/h5-12H,13-14H2,1-4H3,(H,21,22). The van der Waals surface area contributed by atoms with Crippen molar-refractivity contribution in [3.05, 3.63) is 65.2 Å². The first-order valence-corrected chi connectivity index (χ1v) is 10.0. The minimum atomic E-state index is -3.52. The van der Waals surface area contributed by atoms with Crippen LogP contribution in [0.1, 0.15) is 37.5 Å². The zero-order valence-electron chi connectivity index (χ0n) is 15.2. The van der Waals surface area contributed by atoms with Gasteiger partial charge in [-0.05, 0) is 35.6 Å². The Morgan fingerprint density at radius 2 is 1.52 bits per heavy atom. The summed E-state index contributed by atoms with van der Waals surface area (Å²) in [4.78, 5) is 12.0. The summed E-state index contributed by atoms with van der Waals surface area (Å²) in [6, 6.07) is 14.7. The van der Waals surface area contributed by atoms with Gasteiger partial charge in [-0.15, -0.1) is 0 Å². The molecule has 0 saturated heterocycles. The summed E-state index contributed by atoms with van der Waals surface area (Å²) in [6.07, 6.45) is 0. The Morgan fingerprint density at radius 1 is 0.960 bits per heavy atom. The lowest BCUT2D eigenvalue weighted by Gasteiger charge is -2.19. The van der Waals surface area contributed by atoms with Crippen LogP contribution in [-0.4, -0.2) is 20.1 Å². The molecule has 0 saturated carbocycles. The highest BCUT2D eigenvalue weighted by Gasteiger charge is 2.19. The Hall–Kier alpha value is -2.14. The highest BCUT2D eigenvalue weighted by molar-refractivity contribution is 7.91. The lowest BCUT2D eigenvalue weighted by Crippen LogP contribution is -2.24. The number of aryl methyl sites for hydroxylation is 1. The summed E-state index contributed by atoms with van der Waals surface area (Å²) in [5.74, 6) is -1.18. The van der Waals surface area contributed by atoms with Crippen molar-refractivity contribution in [2.45, 2.75) is 38.9 Å². The SMILES string of the molecule is Cc1ccc(NC(=O)CS(=O)(=O)Cc2ccc(C(C)(C)C)cc2)cc1. The predicted octanol–water partition coefficient (Wildman–Crippen LogP) is 3.85. The molecule has 1 amide bonds. The molecule has 134 valence electrons. The first kappa shape index (κ1) is 19.2. The molecule has 2 rings (SSSR count). The zero-order valence-corrected chi connectivity index (χ0v) is 16.0. The van der Waals surface area contributed by atoms with E-state index in [1.807, 2.05) is 43.3 Å². The number of carbonyl (C=O) groups excluding carboxylic acids is 1. The molecule has 0 radical (unpaired) electrons. The minimum Gasteiger partial charge on any atom is -0.325 e. The van der Waals surface area contributed by atoms with Gasteiger partial charge in [-0.2, -0.15) is 0 Å². The third-order valence-electron chi connectivity index (χ3n) is 3.89. The Balaban J connectivity index is 1.99. The molecule has 4 nitrogen and oxygen atoms in total. The Bertz CT molecular complexity index is 830. The van der Waals surface area contributed by atoms with Crippen LogP contribution >= 0.6 is 0 Å². The predicted molar refractivity (Wildman–Crippen MR) is 102 cm³/mol. The molecule has 0 fully saturated rings. The van der Waals surface area contributed by atoms with Gasteiger partial charge in [0.05, 0.1) is 5.75 Å². The van der Waals surface area contributed by atoms with Crippen LogP contribution in [0.15, 0.2) is 48.5 Å². The maximum Gasteiger partial charge on any atom is 0.239 e. The van der Waals surface area contributed by atoms with Crippen molar-refractivity contribution in [3.8, 4) is 0 Å². The maximum atomic E-state index is 12.3. The Morgan fingerprint density at radius 3 is 2.04 bits per heavy atom. The number of sulfone groups is 1. The molecule has 25 heavy (non-hydrogen) atoms. The number of amides is 1. The average molecular weight is 359 g/mol. The summed E-state index contributed by atoms with van der Waals surface area (Å²) in [6.45, 7) is 8.26. The van der Waals surface area contributed by atoms with E-state index in [2.05, 4.69) is 26.1 Å². The van der Waals surface area contributed by atoms with Crippen LogP contribution in [0.3, 0.4) is 0 Å². The molecular formula is C20H25NO3S. The van der Waals surface area contributed by atoms with Crippen LogP contribution in [0.5, 0.6) is 0 Å². The van der Waals surface area contributed by atoms with E-state index in [9.17, 15) is 13.2 Å². The van der Waals surface area contributed by atoms with Crippen LogP contribution in [0.2, 0.25) is 0 Å². The van der Waals surface area contributed by atoms with Gasteiger partial charge in [-0.1, -0.05) is 62.7 Å². The number of hydrogen-bond acceptors (Lipinski definition) is 3. The first-order chi connectivity index (χ1) is 11.5. The second-order valence-electron chi connectivity index (χ2n) is 7.39. The summed E-state index contributed by atoms with van der Waals surface area (Å²) in [5, 5.41) is 2.62. The quantitative estimate of drug-likeness (QED) is 0.882. The van der Waals surface area contributed by atoms with Crippen molar-refractivity contribution in [3.63, 3.8) is 0 Å². The molecule has 0 aliphatic rings. The highest BCUT2D eigenvalue weighted by atomic mass is 32.2. The molecule has 0 atom stereocenters. The van der Waals surface area contributed by atoms with Crippen LogP contribution in [0.4, 0.5) is 5.69 Å². The van der Waals surface area contributed by atoms with Crippen LogP contribution < -0.4 is 5.32 Å². The zero-order chi connectivity index (χ0) is 18.7. The summed E-state index contributed by atoms with van der Waals surface area (Å²) in [5.41, 5.74) is 3.53. The fraction of sp³-hybridized carbons (Fsp3) is 0.350. The van der Waals surface area contributed by atoms with Gasteiger partial charge in [0, 0.05) is 5.69 Å². The number of benzene rings is 2. The van der Waals surface area contributed by atoms with E-state index in [4.69, 9.17) is 0 Å². The summed E-state index contributed by atoms with van der Waals surface area (Å²) in [7, 11) is -3.52. The van der Waals surface area contributed by atoms with E-state index in [-0.39, 0.29) is 11.2 Å². The Labute approximate surface area is 150 Å².